The van der Waals surface area contributed by atoms with Gasteiger partial charge in [-0.25, -0.2) is 8.42 Å². The Balaban J connectivity index is 2.49. The molecule has 1 rings (SSSR count). The Morgan fingerprint density at radius 2 is 1.84 bits per heavy atom. The first-order valence-corrected chi connectivity index (χ1v) is 8.43. The highest BCUT2D eigenvalue weighted by atomic mass is 32.2. The van der Waals surface area contributed by atoms with Crippen molar-refractivity contribution in [2.24, 2.45) is 0 Å². The van der Waals surface area contributed by atoms with Crippen LogP contribution in [0.4, 0.5) is 0 Å². The number of unbranched alkanes of at least 4 members (excludes halogenated alkanes) is 3. The van der Waals surface area contributed by atoms with Crippen LogP contribution in [0.1, 0.15) is 43.8 Å². The number of allylic oxidation sites excluding steroid dienone is 1. The molecule has 3 nitrogen and oxygen atoms in total. The Morgan fingerprint density at radius 3 is 2.37 bits per heavy atom. The second kappa shape index (κ2) is 7.46. The monoisotopic (exact) mass is 282 g/mol. The Bertz CT molecular complexity index is 489. The maximum absolute atomic E-state index is 11.3. The van der Waals surface area contributed by atoms with Gasteiger partial charge in [-0.2, -0.15) is 0 Å². The molecule has 1 atom stereocenters. The van der Waals surface area contributed by atoms with Crippen LogP contribution in [0.25, 0.3) is 0 Å². The molecule has 4 heteroatoms. The Kier molecular flexibility index (Phi) is 6.25. The quantitative estimate of drug-likeness (QED) is 0.588. The van der Waals surface area contributed by atoms with Crippen LogP contribution in [0.5, 0.6) is 0 Å². The Labute approximate surface area is 115 Å². The molecular formula is C15H22O3S. The summed E-state index contributed by atoms with van der Waals surface area (Å²) in [5, 5.41) is 10.0. The minimum atomic E-state index is -3.16. The van der Waals surface area contributed by atoms with Crippen LogP contribution < -0.4 is 0 Å². The van der Waals surface area contributed by atoms with Gasteiger partial charge in [0.05, 0.1) is 11.0 Å². The van der Waals surface area contributed by atoms with Gasteiger partial charge in [0.25, 0.3) is 0 Å². The Hall–Kier alpha value is -1.13. The zero-order chi connectivity index (χ0) is 14.3. The van der Waals surface area contributed by atoms with Gasteiger partial charge in [-0.1, -0.05) is 31.1 Å². The maximum Gasteiger partial charge on any atom is 0.175 e. The summed E-state index contributed by atoms with van der Waals surface area (Å²) in [7, 11) is -3.16. The summed E-state index contributed by atoms with van der Waals surface area (Å²) < 4.78 is 22.6. The molecule has 1 N–H and O–H groups in total. The van der Waals surface area contributed by atoms with Gasteiger partial charge >= 0.3 is 0 Å². The molecule has 0 saturated heterocycles. The molecule has 0 spiro atoms. The Morgan fingerprint density at radius 1 is 1.21 bits per heavy atom. The smallest absolute Gasteiger partial charge is 0.175 e. The molecule has 0 radical (unpaired) electrons. The fraction of sp³-hybridized carbons (Fsp3) is 0.467. The fourth-order valence-corrected chi connectivity index (χ4v) is 2.54. The van der Waals surface area contributed by atoms with Crippen molar-refractivity contribution in [2.45, 2.75) is 43.1 Å². The minimum Gasteiger partial charge on any atom is -0.388 e. The number of aliphatic hydroxyl groups excluding tert-OH is 1. The van der Waals surface area contributed by atoms with E-state index in [0.717, 1.165) is 31.2 Å². The molecule has 0 aliphatic rings. The molecule has 19 heavy (non-hydrogen) atoms. The van der Waals surface area contributed by atoms with Gasteiger partial charge in [0.15, 0.2) is 9.84 Å². The van der Waals surface area contributed by atoms with Gasteiger partial charge in [-0.05, 0) is 37.0 Å². The van der Waals surface area contributed by atoms with Crippen molar-refractivity contribution >= 4 is 9.84 Å². The van der Waals surface area contributed by atoms with Gasteiger partial charge in [0.2, 0.25) is 0 Å². The lowest BCUT2D eigenvalue weighted by Crippen LogP contribution is -2.00. The van der Waals surface area contributed by atoms with Gasteiger partial charge < -0.3 is 5.11 Å². The van der Waals surface area contributed by atoms with E-state index in [2.05, 4.69) is 6.58 Å². The number of benzene rings is 1. The van der Waals surface area contributed by atoms with E-state index in [-0.39, 0.29) is 4.90 Å². The van der Waals surface area contributed by atoms with E-state index in [9.17, 15) is 13.5 Å². The lowest BCUT2D eigenvalue weighted by Gasteiger charge is -2.11. The normalized spacial score (nSPS) is 13.2. The van der Waals surface area contributed by atoms with E-state index in [1.807, 2.05) is 6.08 Å². The van der Waals surface area contributed by atoms with Crippen molar-refractivity contribution in [3.8, 4) is 0 Å². The highest BCUT2D eigenvalue weighted by Gasteiger charge is 2.10. The van der Waals surface area contributed by atoms with Crippen molar-refractivity contribution in [3.05, 3.63) is 42.5 Å². The van der Waals surface area contributed by atoms with Crippen molar-refractivity contribution in [1.82, 2.24) is 0 Å². The highest BCUT2D eigenvalue weighted by molar-refractivity contribution is 7.90. The van der Waals surface area contributed by atoms with Crippen LogP contribution in [-0.2, 0) is 9.84 Å². The van der Waals surface area contributed by atoms with Crippen LogP contribution in [-0.4, -0.2) is 19.8 Å². The molecule has 106 valence electrons. The number of hydrogen-bond donors (Lipinski definition) is 1. The summed E-state index contributed by atoms with van der Waals surface area (Å²) in [6.45, 7) is 3.67. The lowest BCUT2D eigenvalue weighted by atomic mass is 10.0. The summed E-state index contributed by atoms with van der Waals surface area (Å²) in [5.41, 5.74) is 0.774. The van der Waals surface area contributed by atoms with E-state index < -0.39 is 15.9 Å². The zero-order valence-corrected chi connectivity index (χ0v) is 12.2. The number of hydrogen-bond acceptors (Lipinski definition) is 3. The predicted molar refractivity (Wildman–Crippen MR) is 77.8 cm³/mol. The predicted octanol–water partition coefficient (Wildman–Crippen LogP) is 3.26. The zero-order valence-electron chi connectivity index (χ0n) is 11.4. The average Bonchev–Trinajstić information content (AvgIpc) is 2.37. The molecule has 0 amide bonds. The summed E-state index contributed by atoms with van der Waals surface area (Å²) in [4.78, 5) is 0.287. The molecule has 1 aromatic rings. The molecule has 0 heterocycles. The van der Waals surface area contributed by atoms with Crippen LogP contribution in [0.15, 0.2) is 41.8 Å². The van der Waals surface area contributed by atoms with Crippen LogP contribution in [0, 0.1) is 0 Å². The molecular weight excluding hydrogens is 260 g/mol. The average molecular weight is 282 g/mol. The van der Waals surface area contributed by atoms with E-state index >= 15 is 0 Å². The molecule has 1 aromatic carbocycles. The summed E-state index contributed by atoms with van der Waals surface area (Å²) >= 11 is 0. The minimum absolute atomic E-state index is 0.287. The van der Waals surface area contributed by atoms with Crippen molar-refractivity contribution < 1.29 is 13.5 Å². The molecule has 0 bridgehead atoms. The molecule has 0 aliphatic heterocycles. The van der Waals surface area contributed by atoms with Crippen LogP contribution >= 0.6 is 0 Å². The van der Waals surface area contributed by atoms with Gasteiger partial charge in [-0.15, -0.1) is 6.58 Å². The van der Waals surface area contributed by atoms with Gasteiger partial charge in [0, 0.05) is 6.26 Å². The van der Waals surface area contributed by atoms with Gasteiger partial charge in [0.1, 0.15) is 0 Å². The number of sulfone groups is 1. The summed E-state index contributed by atoms with van der Waals surface area (Å²) in [6.07, 6.45) is 7.42. The second-order valence-corrected chi connectivity index (χ2v) is 6.80. The number of aliphatic hydroxyl groups is 1. The van der Waals surface area contributed by atoms with Gasteiger partial charge in [-0.3, -0.25) is 0 Å². The van der Waals surface area contributed by atoms with Crippen molar-refractivity contribution in [2.75, 3.05) is 6.26 Å². The largest absolute Gasteiger partial charge is 0.388 e. The maximum atomic E-state index is 11.3. The SMILES string of the molecule is C=CCCCCCC(O)c1ccc(S(C)(=O)=O)cc1. The van der Waals surface area contributed by atoms with E-state index in [0.29, 0.717) is 6.42 Å². The van der Waals surface area contributed by atoms with E-state index in [4.69, 9.17) is 0 Å². The third-order valence-corrected chi connectivity index (χ3v) is 4.21. The first kappa shape index (κ1) is 15.9. The topological polar surface area (TPSA) is 54.4 Å². The molecule has 0 fully saturated rings. The lowest BCUT2D eigenvalue weighted by molar-refractivity contribution is 0.163. The molecule has 0 aliphatic carbocycles. The van der Waals surface area contributed by atoms with Crippen LogP contribution in [0.3, 0.4) is 0 Å². The summed E-state index contributed by atoms with van der Waals surface area (Å²) in [6, 6.07) is 6.47. The van der Waals surface area contributed by atoms with E-state index in [1.54, 1.807) is 24.3 Å². The van der Waals surface area contributed by atoms with E-state index in [1.165, 1.54) is 6.26 Å². The standard InChI is InChI=1S/C15H22O3S/c1-3-4-5-6-7-8-15(16)13-9-11-14(12-10-13)19(2,17)18/h3,9-12,15-16H,1,4-8H2,2H3. The highest BCUT2D eigenvalue weighted by Crippen LogP contribution is 2.21. The number of rotatable bonds is 8. The van der Waals surface area contributed by atoms with Crippen molar-refractivity contribution in [1.29, 1.82) is 0 Å². The third-order valence-electron chi connectivity index (χ3n) is 3.08. The van der Waals surface area contributed by atoms with Crippen LogP contribution in [0.2, 0.25) is 0 Å². The summed E-state index contributed by atoms with van der Waals surface area (Å²) in [5.74, 6) is 0. The fourth-order valence-electron chi connectivity index (χ4n) is 1.91. The van der Waals surface area contributed by atoms with Crippen molar-refractivity contribution in [3.63, 3.8) is 0 Å². The third kappa shape index (κ3) is 5.57. The first-order chi connectivity index (χ1) is 8.95. The molecule has 1 unspecified atom stereocenters. The molecule has 0 aromatic heterocycles. The molecule has 0 saturated carbocycles. The second-order valence-electron chi connectivity index (χ2n) is 4.78. The first-order valence-electron chi connectivity index (χ1n) is 6.54.